The van der Waals surface area contributed by atoms with Gasteiger partial charge in [0.2, 0.25) is 0 Å². The van der Waals surface area contributed by atoms with E-state index in [0.717, 1.165) is 12.2 Å². The fourth-order valence-electron chi connectivity index (χ4n) is 1.97. The van der Waals surface area contributed by atoms with Crippen molar-refractivity contribution >= 4 is 11.8 Å². The Labute approximate surface area is 92.4 Å². The molecule has 0 aliphatic carbocycles. The number of rotatable bonds is 4. The van der Waals surface area contributed by atoms with Crippen LogP contribution in [0.4, 0.5) is 13.2 Å². The topological polar surface area (TPSA) is 29.3 Å². The molecule has 0 radical (unpaired) electrons. The highest BCUT2D eigenvalue weighted by Gasteiger charge is 2.43. The van der Waals surface area contributed by atoms with E-state index in [1.165, 1.54) is 4.90 Å². The standard InChI is InChI=1S/C9H17F3N2S/c1-2-14(6-9(10,11)12)8(5-13)3-4-15-7-8/h2-7,13H2,1H3. The summed E-state index contributed by atoms with van der Waals surface area (Å²) in [6.45, 7) is 1.62. The molecule has 1 aliphatic rings. The van der Waals surface area contributed by atoms with E-state index >= 15 is 0 Å². The Morgan fingerprint density at radius 3 is 2.47 bits per heavy atom. The van der Waals surface area contributed by atoms with Crippen LogP contribution in [0.15, 0.2) is 0 Å². The zero-order valence-electron chi connectivity index (χ0n) is 8.81. The number of nitrogens with zero attached hydrogens (tertiary/aromatic N) is 1. The Morgan fingerprint density at radius 2 is 2.13 bits per heavy atom. The maximum absolute atomic E-state index is 12.4. The number of halogens is 3. The summed E-state index contributed by atoms with van der Waals surface area (Å²) in [5.74, 6) is 1.62. The lowest BCUT2D eigenvalue weighted by Crippen LogP contribution is -2.56. The smallest absolute Gasteiger partial charge is 0.329 e. The molecule has 2 N–H and O–H groups in total. The zero-order valence-corrected chi connectivity index (χ0v) is 9.63. The Balaban J connectivity index is 2.71. The first-order valence-electron chi connectivity index (χ1n) is 5.03. The van der Waals surface area contributed by atoms with Gasteiger partial charge in [-0.2, -0.15) is 24.9 Å². The van der Waals surface area contributed by atoms with Gasteiger partial charge in [0.25, 0.3) is 0 Å². The molecule has 2 nitrogen and oxygen atoms in total. The molecule has 0 aromatic rings. The second kappa shape index (κ2) is 4.93. The first kappa shape index (κ1) is 13.1. The van der Waals surface area contributed by atoms with Crippen LogP contribution in [0.2, 0.25) is 0 Å². The van der Waals surface area contributed by atoms with E-state index < -0.39 is 18.3 Å². The van der Waals surface area contributed by atoms with E-state index in [0.29, 0.717) is 18.8 Å². The number of likely N-dealkylation sites (N-methyl/N-ethyl adjacent to an activating group) is 1. The summed E-state index contributed by atoms with van der Waals surface area (Å²) >= 11 is 1.69. The molecule has 0 aromatic heterocycles. The van der Waals surface area contributed by atoms with Crippen LogP contribution in [-0.4, -0.2) is 47.8 Å². The van der Waals surface area contributed by atoms with Gasteiger partial charge in [0.1, 0.15) is 0 Å². The molecule has 1 aliphatic heterocycles. The van der Waals surface area contributed by atoms with E-state index in [1.807, 2.05) is 0 Å². The third-order valence-corrected chi connectivity index (χ3v) is 4.12. The number of thioether (sulfide) groups is 1. The van der Waals surface area contributed by atoms with Crippen LogP contribution in [0.3, 0.4) is 0 Å². The molecule has 1 fully saturated rings. The van der Waals surface area contributed by atoms with Gasteiger partial charge in [0, 0.05) is 17.8 Å². The molecule has 1 unspecified atom stereocenters. The van der Waals surface area contributed by atoms with Crippen molar-refractivity contribution in [2.45, 2.75) is 25.1 Å². The molecule has 0 aromatic carbocycles. The highest BCUT2D eigenvalue weighted by atomic mass is 32.2. The SMILES string of the molecule is CCN(CC(F)(F)F)C1(CN)CCSC1. The molecular weight excluding hydrogens is 225 g/mol. The third-order valence-electron chi connectivity index (χ3n) is 2.89. The van der Waals surface area contributed by atoms with Gasteiger partial charge in [0.05, 0.1) is 6.54 Å². The first-order valence-corrected chi connectivity index (χ1v) is 6.18. The van der Waals surface area contributed by atoms with Crippen LogP contribution in [-0.2, 0) is 0 Å². The van der Waals surface area contributed by atoms with Crippen molar-refractivity contribution in [3.8, 4) is 0 Å². The molecule has 6 heteroatoms. The zero-order chi connectivity index (χ0) is 11.5. The summed E-state index contributed by atoms with van der Waals surface area (Å²) in [7, 11) is 0. The summed E-state index contributed by atoms with van der Waals surface area (Å²) in [4.78, 5) is 1.48. The van der Waals surface area contributed by atoms with E-state index in [4.69, 9.17) is 5.73 Å². The second-order valence-corrected chi connectivity index (χ2v) is 4.97. The van der Waals surface area contributed by atoms with Crippen LogP contribution < -0.4 is 5.73 Å². The van der Waals surface area contributed by atoms with Crippen molar-refractivity contribution in [2.24, 2.45) is 5.73 Å². The van der Waals surface area contributed by atoms with E-state index in [2.05, 4.69) is 0 Å². The highest BCUT2D eigenvalue weighted by molar-refractivity contribution is 7.99. The van der Waals surface area contributed by atoms with Gasteiger partial charge < -0.3 is 5.73 Å². The summed E-state index contributed by atoms with van der Waals surface area (Å²) in [5, 5.41) is 0. The second-order valence-electron chi connectivity index (χ2n) is 3.86. The van der Waals surface area contributed by atoms with Gasteiger partial charge in [0.15, 0.2) is 0 Å². The van der Waals surface area contributed by atoms with Crippen LogP contribution in [0.1, 0.15) is 13.3 Å². The van der Waals surface area contributed by atoms with Gasteiger partial charge in [-0.05, 0) is 18.7 Å². The van der Waals surface area contributed by atoms with Gasteiger partial charge in [-0.1, -0.05) is 6.92 Å². The van der Waals surface area contributed by atoms with Crippen LogP contribution in [0.25, 0.3) is 0 Å². The maximum Gasteiger partial charge on any atom is 0.401 e. The Bertz CT molecular complexity index is 202. The molecule has 0 amide bonds. The van der Waals surface area contributed by atoms with Crippen molar-refractivity contribution in [1.29, 1.82) is 0 Å². The maximum atomic E-state index is 12.4. The number of hydrogen-bond acceptors (Lipinski definition) is 3. The Kier molecular flexibility index (Phi) is 4.31. The molecule has 1 atom stereocenters. The lowest BCUT2D eigenvalue weighted by Gasteiger charge is -2.39. The predicted molar refractivity (Wildman–Crippen MR) is 57.0 cm³/mol. The summed E-state index contributed by atoms with van der Waals surface area (Å²) in [6.07, 6.45) is -3.37. The van der Waals surface area contributed by atoms with E-state index in [1.54, 1.807) is 18.7 Å². The summed E-state index contributed by atoms with van der Waals surface area (Å²) < 4.78 is 37.1. The summed E-state index contributed by atoms with van der Waals surface area (Å²) in [5.41, 5.74) is 5.21. The number of nitrogens with two attached hydrogens (primary N) is 1. The third kappa shape index (κ3) is 3.26. The average molecular weight is 242 g/mol. The van der Waals surface area contributed by atoms with Crippen molar-refractivity contribution in [1.82, 2.24) is 4.90 Å². The lowest BCUT2D eigenvalue weighted by molar-refractivity contribution is -0.156. The molecular formula is C9H17F3N2S. The molecule has 0 bridgehead atoms. The fourth-order valence-corrected chi connectivity index (χ4v) is 3.46. The quantitative estimate of drug-likeness (QED) is 0.813. The molecule has 1 rings (SSSR count). The van der Waals surface area contributed by atoms with E-state index in [-0.39, 0.29) is 0 Å². The minimum absolute atomic E-state index is 0.309. The van der Waals surface area contributed by atoms with Gasteiger partial charge >= 0.3 is 6.18 Å². The van der Waals surface area contributed by atoms with Crippen molar-refractivity contribution in [2.75, 3.05) is 31.1 Å². The average Bonchev–Trinajstić information content (AvgIpc) is 2.62. The Morgan fingerprint density at radius 1 is 1.47 bits per heavy atom. The monoisotopic (exact) mass is 242 g/mol. The van der Waals surface area contributed by atoms with Gasteiger partial charge in [-0.15, -0.1) is 0 Å². The van der Waals surface area contributed by atoms with Crippen LogP contribution in [0.5, 0.6) is 0 Å². The fraction of sp³-hybridized carbons (Fsp3) is 1.00. The van der Waals surface area contributed by atoms with Gasteiger partial charge in [-0.3, -0.25) is 4.90 Å². The number of alkyl halides is 3. The molecule has 0 spiro atoms. The van der Waals surface area contributed by atoms with Gasteiger partial charge in [-0.25, -0.2) is 0 Å². The van der Waals surface area contributed by atoms with Crippen molar-refractivity contribution in [3.63, 3.8) is 0 Å². The van der Waals surface area contributed by atoms with E-state index in [9.17, 15) is 13.2 Å². The molecule has 0 saturated carbocycles. The minimum Gasteiger partial charge on any atom is -0.329 e. The van der Waals surface area contributed by atoms with Crippen molar-refractivity contribution in [3.05, 3.63) is 0 Å². The molecule has 90 valence electrons. The minimum atomic E-state index is -4.13. The lowest BCUT2D eigenvalue weighted by atomic mass is 9.96. The van der Waals surface area contributed by atoms with Crippen LogP contribution in [0, 0.1) is 0 Å². The normalized spacial score (nSPS) is 27.6. The molecule has 1 heterocycles. The Hall–Kier alpha value is 0.0600. The van der Waals surface area contributed by atoms with Crippen molar-refractivity contribution < 1.29 is 13.2 Å². The number of hydrogen-bond donors (Lipinski definition) is 1. The highest BCUT2D eigenvalue weighted by Crippen LogP contribution is 2.34. The predicted octanol–water partition coefficient (Wildman–Crippen LogP) is 1.71. The van der Waals surface area contributed by atoms with Crippen LogP contribution >= 0.6 is 11.8 Å². The summed E-state index contributed by atoms with van der Waals surface area (Å²) in [6, 6.07) is 0. The largest absolute Gasteiger partial charge is 0.401 e. The first-order chi connectivity index (χ1) is 6.93. The molecule has 15 heavy (non-hydrogen) atoms. The molecule has 1 saturated heterocycles.